The van der Waals surface area contributed by atoms with Crippen molar-refractivity contribution in [1.82, 2.24) is 20.1 Å². The summed E-state index contributed by atoms with van der Waals surface area (Å²) in [7, 11) is 2.05. The molecule has 1 fully saturated rings. The van der Waals surface area contributed by atoms with Crippen LogP contribution < -0.4 is 0 Å². The fourth-order valence-electron chi connectivity index (χ4n) is 3.08. The zero-order valence-corrected chi connectivity index (χ0v) is 14.7. The van der Waals surface area contributed by atoms with Gasteiger partial charge in [0, 0.05) is 24.7 Å². The minimum Gasteiger partial charge on any atom is -0.376 e. The molecule has 5 nitrogen and oxygen atoms in total. The molecule has 1 aliphatic rings. The average Bonchev–Trinajstić information content (AvgIpc) is 3.15. The molecule has 2 atom stereocenters. The highest BCUT2D eigenvalue weighted by Crippen LogP contribution is 2.29. The van der Waals surface area contributed by atoms with Gasteiger partial charge in [-0.2, -0.15) is 5.10 Å². The van der Waals surface area contributed by atoms with Crippen LogP contribution in [0.2, 0.25) is 5.02 Å². The van der Waals surface area contributed by atoms with Crippen LogP contribution in [0.3, 0.4) is 0 Å². The Morgan fingerprint density at radius 2 is 2.29 bits per heavy atom. The van der Waals surface area contributed by atoms with Crippen molar-refractivity contribution in [3.63, 3.8) is 0 Å². The van der Waals surface area contributed by atoms with Gasteiger partial charge in [0.05, 0.1) is 12.0 Å². The molecule has 0 saturated carbocycles. The van der Waals surface area contributed by atoms with Crippen molar-refractivity contribution in [2.45, 2.75) is 31.8 Å². The number of nitrogens with one attached hydrogen (secondary N) is 1. The number of ether oxygens (including phenoxy) is 1. The molecule has 0 bridgehead atoms. The van der Waals surface area contributed by atoms with E-state index in [-0.39, 0.29) is 17.8 Å². The second-order valence-electron chi connectivity index (χ2n) is 6.33. The van der Waals surface area contributed by atoms with Crippen molar-refractivity contribution >= 4 is 11.6 Å². The number of nitrogens with zero attached hydrogens (tertiary/aromatic N) is 3. The zero-order chi connectivity index (χ0) is 17.1. The van der Waals surface area contributed by atoms with E-state index in [1.807, 2.05) is 6.92 Å². The fraction of sp³-hybridized carbons (Fsp3) is 0.529. The number of rotatable bonds is 6. The predicted octanol–water partition coefficient (Wildman–Crippen LogP) is 2.95. The van der Waals surface area contributed by atoms with Crippen molar-refractivity contribution < 1.29 is 9.13 Å². The van der Waals surface area contributed by atoms with E-state index in [1.54, 1.807) is 6.07 Å². The molecule has 1 aliphatic heterocycles. The lowest BCUT2D eigenvalue weighted by atomic mass is 10.0. The summed E-state index contributed by atoms with van der Waals surface area (Å²) in [6.07, 6.45) is 1.81. The lowest BCUT2D eigenvalue weighted by Crippen LogP contribution is -2.33. The van der Waals surface area contributed by atoms with Crippen molar-refractivity contribution in [2.24, 2.45) is 0 Å². The van der Waals surface area contributed by atoms with E-state index >= 15 is 0 Å². The molecule has 2 heterocycles. The number of hydrogen-bond donors (Lipinski definition) is 1. The highest BCUT2D eigenvalue weighted by Gasteiger charge is 2.33. The van der Waals surface area contributed by atoms with Gasteiger partial charge in [-0.05, 0) is 44.5 Å². The number of benzene rings is 1. The van der Waals surface area contributed by atoms with E-state index in [2.05, 4.69) is 27.1 Å². The Morgan fingerprint density at radius 3 is 3.00 bits per heavy atom. The molecule has 1 saturated heterocycles. The van der Waals surface area contributed by atoms with E-state index in [0.29, 0.717) is 5.02 Å². The van der Waals surface area contributed by atoms with Crippen LogP contribution >= 0.6 is 11.6 Å². The zero-order valence-electron chi connectivity index (χ0n) is 13.9. The lowest BCUT2D eigenvalue weighted by molar-refractivity contribution is 0.0733. The molecule has 0 spiro atoms. The van der Waals surface area contributed by atoms with E-state index in [9.17, 15) is 4.39 Å². The Morgan fingerprint density at radius 1 is 1.46 bits per heavy atom. The summed E-state index contributed by atoms with van der Waals surface area (Å²) in [6.45, 7) is 4.27. The Hall–Kier alpha value is -1.50. The third kappa shape index (κ3) is 4.12. The second-order valence-corrected chi connectivity index (χ2v) is 6.74. The van der Waals surface area contributed by atoms with Crippen LogP contribution in [0.25, 0.3) is 0 Å². The van der Waals surface area contributed by atoms with Crippen LogP contribution in [0.5, 0.6) is 0 Å². The first-order valence-electron chi connectivity index (χ1n) is 8.16. The number of aromatic nitrogens is 3. The van der Waals surface area contributed by atoms with Gasteiger partial charge < -0.3 is 9.64 Å². The lowest BCUT2D eigenvalue weighted by Gasteiger charge is -2.23. The van der Waals surface area contributed by atoms with Crippen molar-refractivity contribution in [1.29, 1.82) is 0 Å². The minimum absolute atomic E-state index is 0.0916. The molecule has 2 aromatic rings. The monoisotopic (exact) mass is 352 g/mol. The molecule has 24 heavy (non-hydrogen) atoms. The number of hydrogen-bond acceptors (Lipinski definition) is 4. The maximum atomic E-state index is 13.1. The summed E-state index contributed by atoms with van der Waals surface area (Å²) in [5.41, 5.74) is 0.957. The third-order valence-corrected chi connectivity index (χ3v) is 4.78. The number of aromatic amines is 1. The van der Waals surface area contributed by atoms with E-state index in [4.69, 9.17) is 16.3 Å². The first-order valence-corrected chi connectivity index (χ1v) is 8.53. The standard InChI is InChI=1S/C17H22ClFN4O/c1-11-20-17(22-21-11)14-6-8-24-16(14)10-23(2)7-5-12-3-4-13(19)9-15(12)18/h3-4,9,14,16H,5-8,10H2,1-2H3,(H,20,21,22)/t14-,16-/m1/s1. The predicted molar refractivity (Wildman–Crippen MR) is 90.8 cm³/mol. The molecule has 0 unspecified atom stereocenters. The molecule has 1 aromatic carbocycles. The summed E-state index contributed by atoms with van der Waals surface area (Å²) in [6, 6.07) is 4.55. The second kappa shape index (κ2) is 7.59. The highest BCUT2D eigenvalue weighted by atomic mass is 35.5. The molecule has 0 radical (unpaired) electrons. The topological polar surface area (TPSA) is 54.0 Å². The molecule has 0 aliphatic carbocycles. The van der Waals surface area contributed by atoms with Crippen LogP contribution in [0.4, 0.5) is 4.39 Å². The Labute approximate surface area is 146 Å². The molecular weight excluding hydrogens is 331 g/mol. The highest BCUT2D eigenvalue weighted by molar-refractivity contribution is 6.31. The molecule has 0 amide bonds. The van der Waals surface area contributed by atoms with Gasteiger partial charge >= 0.3 is 0 Å². The van der Waals surface area contributed by atoms with E-state index < -0.39 is 0 Å². The first kappa shape index (κ1) is 17.3. The van der Waals surface area contributed by atoms with Gasteiger partial charge in [0.15, 0.2) is 5.82 Å². The van der Waals surface area contributed by atoms with Gasteiger partial charge in [-0.1, -0.05) is 17.7 Å². The van der Waals surface area contributed by atoms with E-state index in [1.165, 1.54) is 12.1 Å². The fourth-order valence-corrected chi connectivity index (χ4v) is 3.35. The largest absolute Gasteiger partial charge is 0.376 e. The number of aryl methyl sites for hydroxylation is 1. The molecule has 1 aromatic heterocycles. The van der Waals surface area contributed by atoms with Crippen molar-refractivity contribution in [3.05, 3.63) is 46.3 Å². The smallest absolute Gasteiger partial charge is 0.156 e. The molecule has 7 heteroatoms. The quantitative estimate of drug-likeness (QED) is 0.868. The summed E-state index contributed by atoms with van der Waals surface area (Å²) in [5.74, 6) is 1.59. The van der Waals surface area contributed by atoms with Gasteiger partial charge in [0.1, 0.15) is 11.6 Å². The SMILES string of the molecule is Cc1nc([C@@H]2CCO[C@@H]2CN(C)CCc2ccc(F)cc2Cl)n[nH]1. The van der Waals surface area contributed by atoms with Gasteiger partial charge in [0.25, 0.3) is 0 Å². The summed E-state index contributed by atoms with van der Waals surface area (Å²) in [4.78, 5) is 6.66. The number of likely N-dealkylation sites (N-methyl/N-ethyl adjacent to an activating group) is 1. The van der Waals surface area contributed by atoms with Gasteiger partial charge in [-0.25, -0.2) is 9.37 Å². The van der Waals surface area contributed by atoms with Crippen molar-refractivity contribution in [3.8, 4) is 0 Å². The van der Waals surface area contributed by atoms with Crippen LogP contribution in [0.1, 0.15) is 29.6 Å². The van der Waals surface area contributed by atoms with Gasteiger partial charge in [-0.15, -0.1) is 0 Å². The van der Waals surface area contributed by atoms with Crippen LogP contribution in [-0.2, 0) is 11.2 Å². The average molecular weight is 353 g/mol. The first-order chi connectivity index (χ1) is 11.5. The number of halogens is 2. The Balaban J connectivity index is 1.55. The van der Waals surface area contributed by atoms with Gasteiger partial charge in [-0.3, -0.25) is 5.10 Å². The molecule has 130 valence electrons. The number of H-pyrrole nitrogens is 1. The van der Waals surface area contributed by atoms with Crippen LogP contribution in [-0.4, -0.2) is 52.9 Å². The van der Waals surface area contributed by atoms with Crippen LogP contribution in [0.15, 0.2) is 18.2 Å². The Bertz CT molecular complexity index is 693. The minimum atomic E-state index is -0.305. The van der Waals surface area contributed by atoms with E-state index in [0.717, 1.165) is 49.8 Å². The maximum absolute atomic E-state index is 13.1. The summed E-state index contributed by atoms with van der Waals surface area (Å²) in [5, 5.41) is 7.66. The molecular formula is C17H22ClFN4O. The van der Waals surface area contributed by atoms with Gasteiger partial charge in [0.2, 0.25) is 0 Å². The Kier molecular flexibility index (Phi) is 5.48. The summed E-state index contributed by atoms with van der Waals surface area (Å²) >= 11 is 6.09. The summed E-state index contributed by atoms with van der Waals surface area (Å²) < 4.78 is 19.0. The maximum Gasteiger partial charge on any atom is 0.156 e. The third-order valence-electron chi connectivity index (χ3n) is 4.43. The van der Waals surface area contributed by atoms with Crippen molar-refractivity contribution in [2.75, 3.05) is 26.7 Å². The molecule has 3 rings (SSSR count). The van der Waals surface area contributed by atoms with Crippen LogP contribution in [0, 0.1) is 12.7 Å². The normalized spacial score (nSPS) is 20.9. The molecule has 1 N–H and O–H groups in total.